The number of benzene rings is 2. The van der Waals surface area contributed by atoms with Gasteiger partial charge in [0.25, 0.3) is 5.91 Å². The number of amides is 2. The van der Waals surface area contributed by atoms with E-state index in [4.69, 9.17) is 4.74 Å². The summed E-state index contributed by atoms with van der Waals surface area (Å²) in [6.45, 7) is 3.98. The highest BCUT2D eigenvalue weighted by atomic mass is 16.5. The van der Waals surface area contributed by atoms with E-state index in [1.54, 1.807) is 24.3 Å². The number of carbonyl (C=O) groups is 2. The predicted octanol–water partition coefficient (Wildman–Crippen LogP) is 2.69. The number of rotatable bonds is 7. The van der Waals surface area contributed by atoms with E-state index in [0.717, 1.165) is 21.4 Å². The summed E-state index contributed by atoms with van der Waals surface area (Å²) < 4.78 is 7.58. The molecule has 2 amide bonds. The fourth-order valence-electron chi connectivity index (χ4n) is 3.49. The number of hydrogen-bond acceptors (Lipinski definition) is 5. The molecule has 2 aromatic heterocycles. The monoisotopic (exact) mass is 459 g/mol. The lowest BCUT2D eigenvalue weighted by Gasteiger charge is -2.10. The molecule has 4 rings (SSSR count). The van der Waals surface area contributed by atoms with Crippen LogP contribution in [0.5, 0.6) is 5.75 Å². The van der Waals surface area contributed by atoms with Crippen molar-refractivity contribution in [3.8, 4) is 5.75 Å². The molecule has 9 nitrogen and oxygen atoms in total. The van der Waals surface area contributed by atoms with Crippen molar-refractivity contribution in [2.75, 3.05) is 12.4 Å². The molecule has 0 aliphatic rings. The van der Waals surface area contributed by atoms with E-state index in [0.29, 0.717) is 29.2 Å². The molecule has 2 aromatic carbocycles. The molecule has 2 N–H and O–H groups in total. The van der Waals surface area contributed by atoms with Crippen LogP contribution in [0.15, 0.2) is 65.6 Å². The van der Waals surface area contributed by atoms with Gasteiger partial charge in [0, 0.05) is 12.7 Å². The van der Waals surface area contributed by atoms with E-state index in [9.17, 15) is 14.4 Å². The first-order chi connectivity index (χ1) is 16.3. The van der Waals surface area contributed by atoms with Crippen LogP contribution in [0.3, 0.4) is 0 Å². The lowest BCUT2D eigenvalue weighted by Crippen LogP contribution is -2.29. The van der Waals surface area contributed by atoms with Crippen LogP contribution in [0.4, 0.5) is 5.69 Å². The van der Waals surface area contributed by atoms with Crippen molar-refractivity contribution in [3.05, 3.63) is 93.5 Å². The van der Waals surface area contributed by atoms with Gasteiger partial charge in [-0.15, -0.1) is 5.10 Å². The summed E-state index contributed by atoms with van der Waals surface area (Å²) in [6.07, 6.45) is 1.42. The van der Waals surface area contributed by atoms with Gasteiger partial charge in [0.2, 0.25) is 5.91 Å². The van der Waals surface area contributed by atoms with Gasteiger partial charge in [-0.1, -0.05) is 35.9 Å². The maximum Gasteiger partial charge on any atom is 0.350 e. The Balaban J connectivity index is 1.48. The number of hydrogen-bond donors (Lipinski definition) is 2. The number of methoxy groups -OCH3 is 1. The topological polar surface area (TPSA) is 107 Å². The largest absolute Gasteiger partial charge is 0.495 e. The first-order valence-electron chi connectivity index (χ1n) is 10.7. The lowest BCUT2D eigenvalue weighted by atomic mass is 10.1. The van der Waals surface area contributed by atoms with E-state index < -0.39 is 11.6 Å². The Labute approximate surface area is 196 Å². The minimum atomic E-state index is -0.519. The Bertz CT molecular complexity index is 1420. The van der Waals surface area contributed by atoms with E-state index in [1.807, 2.05) is 44.2 Å². The Morgan fingerprint density at radius 2 is 1.74 bits per heavy atom. The molecular formula is C25H25N5O4. The number of aryl methyl sites for hydroxylation is 2. The second-order valence-corrected chi connectivity index (χ2v) is 8.01. The maximum absolute atomic E-state index is 12.8. The first kappa shape index (κ1) is 22.8. The Hall–Kier alpha value is -4.40. The number of pyridine rings is 1. The molecular weight excluding hydrogens is 434 g/mol. The summed E-state index contributed by atoms with van der Waals surface area (Å²) >= 11 is 0. The molecule has 0 bridgehead atoms. The van der Waals surface area contributed by atoms with Gasteiger partial charge in [-0.05, 0) is 49.2 Å². The van der Waals surface area contributed by atoms with Crippen LogP contribution < -0.4 is 21.1 Å². The lowest BCUT2D eigenvalue weighted by molar-refractivity contribution is -0.117. The number of anilines is 1. The maximum atomic E-state index is 12.8. The number of fused-ring (bicyclic) bond motifs is 1. The van der Waals surface area contributed by atoms with Crippen molar-refractivity contribution in [1.29, 1.82) is 0 Å². The minimum absolute atomic E-state index is 0.285. The van der Waals surface area contributed by atoms with E-state index in [1.165, 1.54) is 17.7 Å². The zero-order valence-electron chi connectivity index (χ0n) is 19.2. The summed E-state index contributed by atoms with van der Waals surface area (Å²) in [5.74, 6) is -0.223. The molecule has 0 aliphatic heterocycles. The van der Waals surface area contributed by atoms with E-state index in [2.05, 4.69) is 15.7 Å². The molecule has 174 valence electrons. The van der Waals surface area contributed by atoms with E-state index >= 15 is 0 Å². The Morgan fingerprint density at radius 3 is 2.47 bits per heavy atom. The second-order valence-electron chi connectivity index (χ2n) is 8.01. The zero-order valence-corrected chi connectivity index (χ0v) is 19.2. The number of carbonyl (C=O) groups excluding carboxylic acids is 2. The summed E-state index contributed by atoms with van der Waals surface area (Å²) in [5, 5.41) is 9.79. The predicted molar refractivity (Wildman–Crippen MR) is 128 cm³/mol. The van der Waals surface area contributed by atoms with Crippen LogP contribution in [0, 0.1) is 13.8 Å². The molecule has 0 fully saturated rings. The quantitative estimate of drug-likeness (QED) is 0.442. The van der Waals surface area contributed by atoms with Gasteiger partial charge in [0.1, 0.15) is 12.3 Å². The molecule has 0 atom stereocenters. The first-order valence-corrected chi connectivity index (χ1v) is 10.7. The molecule has 34 heavy (non-hydrogen) atoms. The summed E-state index contributed by atoms with van der Waals surface area (Å²) in [7, 11) is 1.52. The van der Waals surface area contributed by atoms with Gasteiger partial charge < -0.3 is 15.4 Å². The van der Waals surface area contributed by atoms with E-state index in [-0.39, 0.29) is 12.5 Å². The highest BCUT2D eigenvalue weighted by molar-refractivity contribution is 5.94. The molecule has 2 heterocycles. The highest BCUT2D eigenvalue weighted by Gasteiger charge is 2.15. The highest BCUT2D eigenvalue weighted by Crippen LogP contribution is 2.25. The van der Waals surface area contributed by atoms with Crippen LogP contribution in [-0.2, 0) is 17.9 Å². The van der Waals surface area contributed by atoms with Crippen LogP contribution in [0.25, 0.3) is 5.65 Å². The smallest absolute Gasteiger partial charge is 0.350 e. The van der Waals surface area contributed by atoms with Crippen molar-refractivity contribution < 1.29 is 14.3 Å². The third-order valence-electron chi connectivity index (χ3n) is 5.34. The van der Waals surface area contributed by atoms with Crippen molar-refractivity contribution in [2.45, 2.75) is 26.9 Å². The summed E-state index contributed by atoms with van der Waals surface area (Å²) in [6, 6.07) is 16.4. The van der Waals surface area contributed by atoms with Gasteiger partial charge in [0.05, 0.1) is 18.4 Å². The fraction of sp³-hybridized carbons (Fsp3) is 0.200. The molecule has 0 unspecified atom stereocenters. The zero-order chi connectivity index (χ0) is 24.2. The van der Waals surface area contributed by atoms with Crippen LogP contribution in [0.2, 0.25) is 0 Å². The fourth-order valence-corrected chi connectivity index (χ4v) is 3.49. The molecule has 4 aromatic rings. The molecule has 0 radical (unpaired) electrons. The molecule has 0 spiro atoms. The third kappa shape index (κ3) is 4.98. The Morgan fingerprint density at radius 1 is 1.00 bits per heavy atom. The van der Waals surface area contributed by atoms with Crippen molar-refractivity contribution in [3.63, 3.8) is 0 Å². The summed E-state index contributed by atoms with van der Waals surface area (Å²) in [4.78, 5) is 38.0. The molecule has 9 heteroatoms. The standard InChI is InChI=1S/C25H25N5O4/c1-16-4-7-18(8-5-16)13-26-24(32)19-9-11-22-28-30(25(33)29(22)14-19)15-23(31)27-20-12-17(2)6-10-21(20)34-3/h4-12,14H,13,15H2,1-3H3,(H,26,32)(H,27,31). The van der Waals surface area contributed by atoms with Gasteiger partial charge >= 0.3 is 5.69 Å². The number of nitrogens with zero attached hydrogens (tertiary/aromatic N) is 3. The second kappa shape index (κ2) is 9.62. The van der Waals surface area contributed by atoms with Gasteiger partial charge in [0.15, 0.2) is 5.65 Å². The van der Waals surface area contributed by atoms with Crippen molar-refractivity contribution >= 4 is 23.1 Å². The van der Waals surface area contributed by atoms with Crippen LogP contribution in [0.1, 0.15) is 27.0 Å². The third-order valence-corrected chi connectivity index (χ3v) is 5.34. The SMILES string of the molecule is COc1ccc(C)cc1NC(=O)Cn1nc2ccc(C(=O)NCc3ccc(C)cc3)cn2c1=O. The van der Waals surface area contributed by atoms with Crippen molar-refractivity contribution in [2.24, 2.45) is 0 Å². The normalized spacial score (nSPS) is 10.8. The minimum Gasteiger partial charge on any atom is -0.495 e. The van der Waals surface area contributed by atoms with Crippen LogP contribution in [-0.4, -0.2) is 33.1 Å². The van der Waals surface area contributed by atoms with Crippen molar-refractivity contribution in [1.82, 2.24) is 19.5 Å². The van der Waals surface area contributed by atoms with Gasteiger partial charge in [-0.2, -0.15) is 0 Å². The average Bonchev–Trinajstić information content (AvgIpc) is 3.13. The van der Waals surface area contributed by atoms with Crippen LogP contribution >= 0.6 is 0 Å². The number of nitrogens with one attached hydrogen (secondary N) is 2. The molecule has 0 saturated carbocycles. The molecule has 0 aliphatic carbocycles. The average molecular weight is 460 g/mol. The summed E-state index contributed by atoms with van der Waals surface area (Å²) in [5.41, 5.74) is 3.71. The van der Waals surface area contributed by atoms with Gasteiger partial charge in [-0.25, -0.2) is 13.9 Å². The van der Waals surface area contributed by atoms with Gasteiger partial charge in [-0.3, -0.25) is 9.59 Å². The Kier molecular flexibility index (Phi) is 6.44. The molecule has 0 saturated heterocycles. The number of aromatic nitrogens is 3. The number of ether oxygens (including phenoxy) is 1.